The average Bonchev–Trinajstić information content (AvgIpc) is 1.88. The minimum atomic E-state index is -0.387. The Hall–Kier alpha value is -1.05. The average molecular weight is 139 g/mol. The van der Waals surface area contributed by atoms with Crippen molar-refractivity contribution in [1.29, 1.82) is 0 Å². The molecule has 1 aromatic rings. The second kappa shape index (κ2) is 2.69. The van der Waals surface area contributed by atoms with E-state index in [1.165, 1.54) is 24.6 Å². The lowest BCUT2D eigenvalue weighted by Gasteiger charge is -2.00. The van der Waals surface area contributed by atoms with Crippen LogP contribution in [0.1, 0.15) is 12.5 Å². The van der Waals surface area contributed by atoms with Crippen molar-refractivity contribution in [2.75, 3.05) is 0 Å². The summed E-state index contributed by atoms with van der Waals surface area (Å²) in [5.41, 5.74) is 0.266. The maximum atomic E-state index is 12.7. The van der Waals surface area contributed by atoms with Gasteiger partial charge in [0.2, 0.25) is 0 Å². The van der Waals surface area contributed by atoms with E-state index in [4.69, 9.17) is 5.11 Å². The van der Waals surface area contributed by atoms with Gasteiger partial charge in [-0.15, -0.1) is 0 Å². The Labute approximate surface area is 59.1 Å². The summed E-state index contributed by atoms with van der Waals surface area (Å²) in [7, 11) is 0. The number of halogens is 1. The fourth-order valence-electron chi connectivity index (χ4n) is 0.811. The SMILES string of the molecule is C[CH]c1c(O)cccc1F. The lowest BCUT2D eigenvalue weighted by Crippen LogP contribution is -1.84. The van der Waals surface area contributed by atoms with Gasteiger partial charge in [-0.25, -0.2) is 4.39 Å². The highest BCUT2D eigenvalue weighted by molar-refractivity contribution is 5.37. The first-order chi connectivity index (χ1) is 4.75. The van der Waals surface area contributed by atoms with E-state index in [1.54, 1.807) is 6.92 Å². The number of benzene rings is 1. The monoisotopic (exact) mass is 139 g/mol. The first kappa shape index (κ1) is 7.06. The van der Waals surface area contributed by atoms with E-state index >= 15 is 0 Å². The second-order valence-corrected chi connectivity index (χ2v) is 1.96. The van der Waals surface area contributed by atoms with Crippen molar-refractivity contribution in [2.45, 2.75) is 6.92 Å². The molecule has 53 valence electrons. The van der Waals surface area contributed by atoms with Crippen LogP contribution in [0.5, 0.6) is 5.75 Å². The number of aromatic hydroxyl groups is 1. The van der Waals surface area contributed by atoms with E-state index in [-0.39, 0.29) is 17.1 Å². The van der Waals surface area contributed by atoms with E-state index in [2.05, 4.69) is 0 Å². The van der Waals surface area contributed by atoms with Gasteiger partial charge in [0, 0.05) is 5.56 Å². The summed E-state index contributed by atoms with van der Waals surface area (Å²) in [6, 6.07) is 4.24. The van der Waals surface area contributed by atoms with Crippen molar-refractivity contribution in [3.05, 3.63) is 36.0 Å². The zero-order valence-corrected chi connectivity index (χ0v) is 5.63. The van der Waals surface area contributed by atoms with Gasteiger partial charge in [0.25, 0.3) is 0 Å². The van der Waals surface area contributed by atoms with Crippen molar-refractivity contribution in [1.82, 2.24) is 0 Å². The van der Waals surface area contributed by atoms with Crippen LogP contribution in [0.3, 0.4) is 0 Å². The zero-order chi connectivity index (χ0) is 7.56. The first-order valence-corrected chi connectivity index (χ1v) is 3.02. The van der Waals surface area contributed by atoms with Gasteiger partial charge < -0.3 is 5.11 Å². The topological polar surface area (TPSA) is 20.2 Å². The summed E-state index contributed by atoms with van der Waals surface area (Å²) >= 11 is 0. The van der Waals surface area contributed by atoms with Gasteiger partial charge in [-0.2, -0.15) is 0 Å². The molecule has 0 unspecified atom stereocenters. The largest absolute Gasteiger partial charge is 0.508 e. The molecular weight excluding hydrogens is 131 g/mol. The lowest BCUT2D eigenvalue weighted by atomic mass is 10.1. The second-order valence-electron chi connectivity index (χ2n) is 1.96. The van der Waals surface area contributed by atoms with Crippen molar-refractivity contribution in [3.8, 4) is 5.75 Å². The molecule has 1 rings (SSSR count). The molecule has 0 aliphatic carbocycles. The highest BCUT2D eigenvalue weighted by Crippen LogP contribution is 2.20. The molecule has 10 heavy (non-hydrogen) atoms. The van der Waals surface area contributed by atoms with Gasteiger partial charge in [-0.3, -0.25) is 0 Å². The van der Waals surface area contributed by atoms with E-state index in [0.717, 1.165) is 0 Å². The van der Waals surface area contributed by atoms with Gasteiger partial charge >= 0.3 is 0 Å². The van der Waals surface area contributed by atoms with Gasteiger partial charge in [-0.05, 0) is 18.6 Å². The van der Waals surface area contributed by atoms with Crippen LogP contribution < -0.4 is 0 Å². The summed E-state index contributed by atoms with van der Waals surface area (Å²) in [5, 5.41) is 9.02. The summed E-state index contributed by atoms with van der Waals surface area (Å²) in [4.78, 5) is 0. The molecule has 0 atom stereocenters. The molecule has 1 N–H and O–H groups in total. The van der Waals surface area contributed by atoms with Crippen LogP contribution in [0.4, 0.5) is 4.39 Å². The number of hydrogen-bond acceptors (Lipinski definition) is 1. The van der Waals surface area contributed by atoms with E-state index < -0.39 is 0 Å². The van der Waals surface area contributed by atoms with Crippen LogP contribution in [0.2, 0.25) is 0 Å². The smallest absolute Gasteiger partial charge is 0.130 e. The molecule has 0 aromatic heterocycles. The summed E-state index contributed by atoms with van der Waals surface area (Å²) in [6.07, 6.45) is 1.53. The molecule has 0 amide bonds. The number of phenols is 1. The third-order valence-corrected chi connectivity index (χ3v) is 1.32. The Morgan fingerprint density at radius 2 is 2.20 bits per heavy atom. The quantitative estimate of drug-likeness (QED) is 0.631. The van der Waals surface area contributed by atoms with Crippen LogP contribution in [0.15, 0.2) is 18.2 Å². The molecule has 1 radical (unpaired) electrons. The Balaban J connectivity index is 3.17. The van der Waals surface area contributed by atoms with Crippen LogP contribution in [-0.2, 0) is 0 Å². The van der Waals surface area contributed by atoms with Gasteiger partial charge in [0.15, 0.2) is 0 Å². The highest BCUT2D eigenvalue weighted by Gasteiger charge is 2.03. The van der Waals surface area contributed by atoms with Crippen molar-refractivity contribution >= 4 is 0 Å². The number of rotatable bonds is 1. The fraction of sp³-hybridized carbons (Fsp3) is 0.125. The minimum absolute atomic E-state index is 0.0116. The van der Waals surface area contributed by atoms with E-state index in [9.17, 15) is 4.39 Å². The molecule has 0 spiro atoms. The molecule has 1 aromatic carbocycles. The fourth-order valence-corrected chi connectivity index (χ4v) is 0.811. The van der Waals surface area contributed by atoms with Crippen LogP contribution >= 0.6 is 0 Å². The Kier molecular flexibility index (Phi) is 1.90. The number of hydrogen-bond donors (Lipinski definition) is 1. The number of phenolic OH excluding ortho intramolecular Hbond substituents is 1. The predicted molar refractivity (Wildman–Crippen MR) is 37.1 cm³/mol. The summed E-state index contributed by atoms with van der Waals surface area (Å²) < 4.78 is 12.7. The first-order valence-electron chi connectivity index (χ1n) is 3.02. The van der Waals surface area contributed by atoms with Crippen LogP contribution in [-0.4, -0.2) is 5.11 Å². The van der Waals surface area contributed by atoms with Crippen molar-refractivity contribution in [2.24, 2.45) is 0 Å². The predicted octanol–water partition coefficient (Wildman–Crippen LogP) is 2.10. The maximum Gasteiger partial charge on any atom is 0.130 e. The molecule has 1 nitrogen and oxygen atoms in total. The molecule has 0 saturated carbocycles. The molecule has 0 bridgehead atoms. The molecular formula is C8H8FO. The zero-order valence-electron chi connectivity index (χ0n) is 5.63. The molecule has 2 heteroatoms. The third-order valence-electron chi connectivity index (χ3n) is 1.32. The Morgan fingerprint density at radius 1 is 1.50 bits per heavy atom. The van der Waals surface area contributed by atoms with Crippen molar-refractivity contribution in [3.63, 3.8) is 0 Å². The molecule has 0 aliphatic rings. The standard InChI is InChI=1S/C8H8FO/c1-2-6-7(9)4-3-5-8(6)10/h2-5,10H,1H3. The lowest BCUT2D eigenvalue weighted by molar-refractivity contribution is 0.464. The van der Waals surface area contributed by atoms with Crippen molar-refractivity contribution < 1.29 is 9.50 Å². The third kappa shape index (κ3) is 1.10. The Bertz CT molecular complexity index is 212. The molecule has 0 heterocycles. The van der Waals surface area contributed by atoms with Crippen LogP contribution in [0.25, 0.3) is 0 Å². The van der Waals surface area contributed by atoms with Gasteiger partial charge in [0.05, 0.1) is 0 Å². The van der Waals surface area contributed by atoms with E-state index in [0.29, 0.717) is 0 Å². The molecule has 0 fully saturated rings. The highest BCUT2D eigenvalue weighted by atomic mass is 19.1. The van der Waals surface area contributed by atoms with Crippen LogP contribution in [0, 0.1) is 12.2 Å². The van der Waals surface area contributed by atoms with Gasteiger partial charge in [-0.1, -0.05) is 13.0 Å². The maximum absolute atomic E-state index is 12.7. The normalized spacial score (nSPS) is 9.80. The molecule has 0 saturated heterocycles. The summed E-state index contributed by atoms with van der Waals surface area (Å²) in [5.74, 6) is -0.398. The molecule has 0 aliphatic heterocycles. The Morgan fingerprint density at radius 3 is 2.60 bits per heavy atom. The van der Waals surface area contributed by atoms with Gasteiger partial charge in [0.1, 0.15) is 11.6 Å². The van der Waals surface area contributed by atoms with E-state index in [1.807, 2.05) is 0 Å². The minimum Gasteiger partial charge on any atom is -0.508 e. The summed E-state index contributed by atoms with van der Waals surface area (Å²) in [6.45, 7) is 1.68.